The lowest BCUT2D eigenvalue weighted by Crippen LogP contribution is -2.23. The van der Waals surface area contributed by atoms with Crippen molar-refractivity contribution in [3.8, 4) is 0 Å². The molecule has 0 aromatic heterocycles. The van der Waals surface area contributed by atoms with Gasteiger partial charge in [0.05, 0.1) is 0 Å². The zero-order valence-electron chi connectivity index (χ0n) is 6.31. The van der Waals surface area contributed by atoms with Gasteiger partial charge >= 0.3 is 0 Å². The van der Waals surface area contributed by atoms with Gasteiger partial charge in [0.2, 0.25) is 0 Å². The van der Waals surface area contributed by atoms with Gasteiger partial charge in [0.15, 0.2) is 0 Å². The molecule has 1 saturated carbocycles. The van der Waals surface area contributed by atoms with Crippen molar-refractivity contribution in [1.29, 1.82) is 0 Å². The van der Waals surface area contributed by atoms with Gasteiger partial charge in [-0.3, -0.25) is 0 Å². The molecule has 1 saturated heterocycles. The van der Waals surface area contributed by atoms with Crippen LogP contribution in [0.2, 0.25) is 0 Å². The standard InChI is InChI=1S/C8H15NS/c1-2-7-6-9-4-5-10-8(7)3-1/h7-9H,1-6H2. The van der Waals surface area contributed by atoms with E-state index in [0.29, 0.717) is 0 Å². The van der Waals surface area contributed by atoms with Crippen LogP contribution in [0.3, 0.4) is 0 Å². The van der Waals surface area contributed by atoms with Crippen molar-refractivity contribution in [2.45, 2.75) is 24.5 Å². The highest BCUT2D eigenvalue weighted by Gasteiger charge is 2.28. The lowest BCUT2D eigenvalue weighted by atomic mass is 10.1. The molecule has 1 aliphatic carbocycles. The molecular formula is C8H15NS. The van der Waals surface area contributed by atoms with E-state index in [9.17, 15) is 0 Å². The third-order valence-electron chi connectivity index (χ3n) is 2.61. The van der Waals surface area contributed by atoms with Crippen LogP contribution in [0.25, 0.3) is 0 Å². The van der Waals surface area contributed by atoms with E-state index in [1.807, 2.05) is 0 Å². The highest BCUT2D eigenvalue weighted by molar-refractivity contribution is 7.99. The first-order chi connectivity index (χ1) is 4.97. The summed E-state index contributed by atoms with van der Waals surface area (Å²) in [6, 6.07) is 0. The van der Waals surface area contributed by atoms with E-state index in [1.165, 1.54) is 38.1 Å². The maximum atomic E-state index is 3.50. The highest BCUT2D eigenvalue weighted by Crippen LogP contribution is 2.35. The van der Waals surface area contributed by atoms with Crippen LogP contribution in [0.1, 0.15) is 19.3 Å². The summed E-state index contributed by atoms with van der Waals surface area (Å²) >= 11 is 2.19. The van der Waals surface area contributed by atoms with Crippen LogP contribution in [-0.2, 0) is 0 Å². The first-order valence-electron chi connectivity index (χ1n) is 4.29. The van der Waals surface area contributed by atoms with E-state index in [0.717, 1.165) is 11.2 Å². The summed E-state index contributed by atoms with van der Waals surface area (Å²) < 4.78 is 0. The zero-order valence-corrected chi connectivity index (χ0v) is 7.12. The molecule has 2 atom stereocenters. The first kappa shape index (κ1) is 6.99. The minimum atomic E-state index is 1.01. The molecule has 0 radical (unpaired) electrons. The Morgan fingerprint density at radius 2 is 2.30 bits per heavy atom. The minimum Gasteiger partial charge on any atom is -0.316 e. The quantitative estimate of drug-likeness (QED) is 0.572. The van der Waals surface area contributed by atoms with E-state index in [-0.39, 0.29) is 0 Å². The molecule has 2 rings (SSSR count). The Hall–Kier alpha value is 0.310. The highest BCUT2D eigenvalue weighted by atomic mass is 32.2. The van der Waals surface area contributed by atoms with Crippen LogP contribution in [-0.4, -0.2) is 24.1 Å². The van der Waals surface area contributed by atoms with Gasteiger partial charge in [0.25, 0.3) is 0 Å². The molecule has 1 heterocycles. The maximum Gasteiger partial charge on any atom is 0.00879 e. The van der Waals surface area contributed by atoms with Crippen molar-refractivity contribution in [3.63, 3.8) is 0 Å². The molecule has 1 nitrogen and oxygen atoms in total. The minimum absolute atomic E-state index is 1.01. The molecule has 0 bridgehead atoms. The number of thioether (sulfide) groups is 1. The Bertz CT molecular complexity index is 104. The Morgan fingerprint density at radius 3 is 3.30 bits per heavy atom. The zero-order chi connectivity index (χ0) is 6.81. The van der Waals surface area contributed by atoms with E-state index < -0.39 is 0 Å². The van der Waals surface area contributed by atoms with Crippen molar-refractivity contribution in [1.82, 2.24) is 5.32 Å². The Morgan fingerprint density at radius 1 is 1.30 bits per heavy atom. The number of hydrogen-bond acceptors (Lipinski definition) is 2. The lowest BCUT2D eigenvalue weighted by molar-refractivity contribution is 0.518. The molecule has 2 aliphatic rings. The molecule has 0 aromatic rings. The average molecular weight is 157 g/mol. The van der Waals surface area contributed by atoms with Gasteiger partial charge in [-0.1, -0.05) is 6.42 Å². The SMILES string of the molecule is C1CC2CNCCSC2C1. The van der Waals surface area contributed by atoms with Crippen LogP contribution < -0.4 is 5.32 Å². The molecule has 1 aliphatic heterocycles. The van der Waals surface area contributed by atoms with Gasteiger partial charge in [-0.05, 0) is 25.3 Å². The average Bonchev–Trinajstić information content (AvgIpc) is 2.28. The van der Waals surface area contributed by atoms with Crippen LogP contribution in [0.5, 0.6) is 0 Å². The van der Waals surface area contributed by atoms with Crippen molar-refractivity contribution >= 4 is 11.8 Å². The topological polar surface area (TPSA) is 12.0 Å². The van der Waals surface area contributed by atoms with E-state index in [2.05, 4.69) is 17.1 Å². The molecule has 0 amide bonds. The van der Waals surface area contributed by atoms with E-state index >= 15 is 0 Å². The van der Waals surface area contributed by atoms with Crippen molar-refractivity contribution < 1.29 is 0 Å². The second-order valence-corrected chi connectivity index (χ2v) is 4.65. The third kappa shape index (κ3) is 1.32. The summed E-state index contributed by atoms with van der Waals surface area (Å²) in [5, 5.41) is 4.51. The maximum absolute atomic E-state index is 3.50. The third-order valence-corrected chi connectivity index (χ3v) is 4.10. The predicted molar refractivity (Wildman–Crippen MR) is 46.5 cm³/mol. The second kappa shape index (κ2) is 3.14. The fraction of sp³-hybridized carbons (Fsp3) is 1.00. The molecule has 2 fully saturated rings. The molecule has 0 aromatic carbocycles. The Labute approximate surface area is 67.0 Å². The number of nitrogens with one attached hydrogen (secondary N) is 1. The van der Waals surface area contributed by atoms with Crippen LogP contribution >= 0.6 is 11.8 Å². The Kier molecular flexibility index (Phi) is 2.19. The summed E-state index contributed by atoms with van der Waals surface area (Å²) in [6.45, 7) is 2.52. The van der Waals surface area contributed by atoms with Crippen molar-refractivity contribution in [3.05, 3.63) is 0 Å². The summed E-state index contributed by atoms with van der Waals surface area (Å²) in [4.78, 5) is 0. The number of fused-ring (bicyclic) bond motifs is 1. The fourth-order valence-electron chi connectivity index (χ4n) is 2.03. The van der Waals surface area contributed by atoms with Crippen LogP contribution in [0.4, 0.5) is 0 Å². The van der Waals surface area contributed by atoms with Crippen molar-refractivity contribution in [2.24, 2.45) is 5.92 Å². The van der Waals surface area contributed by atoms with Crippen LogP contribution in [0.15, 0.2) is 0 Å². The summed E-state index contributed by atoms with van der Waals surface area (Å²) in [7, 11) is 0. The predicted octanol–water partition coefficient (Wildman–Crippen LogP) is 1.49. The monoisotopic (exact) mass is 157 g/mol. The molecular weight excluding hydrogens is 142 g/mol. The summed E-state index contributed by atoms with van der Waals surface area (Å²) in [5.74, 6) is 2.34. The summed E-state index contributed by atoms with van der Waals surface area (Å²) in [6.07, 6.45) is 4.44. The van der Waals surface area contributed by atoms with Gasteiger partial charge in [0.1, 0.15) is 0 Å². The molecule has 2 heteroatoms. The number of hydrogen-bond donors (Lipinski definition) is 1. The van der Waals surface area contributed by atoms with Crippen molar-refractivity contribution in [2.75, 3.05) is 18.8 Å². The normalized spacial score (nSPS) is 40.8. The first-order valence-corrected chi connectivity index (χ1v) is 5.34. The second-order valence-electron chi connectivity index (χ2n) is 3.30. The van der Waals surface area contributed by atoms with Gasteiger partial charge in [-0.2, -0.15) is 11.8 Å². The van der Waals surface area contributed by atoms with Gasteiger partial charge in [-0.15, -0.1) is 0 Å². The molecule has 0 spiro atoms. The smallest absolute Gasteiger partial charge is 0.00879 e. The van der Waals surface area contributed by atoms with E-state index in [4.69, 9.17) is 0 Å². The number of rotatable bonds is 0. The molecule has 10 heavy (non-hydrogen) atoms. The summed E-state index contributed by atoms with van der Waals surface area (Å²) in [5.41, 5.74) is 0. The molecule has 2 unspecified atom stereocenters. The van der Waals surface area contributed by atoms with Gasteiger partial charge in [-0.25, -0.2) is 0 Å². The van der Waals surface area contributed by atoms with Gasteiger partial charge < -0.3 is 5.32 Å². The molecule has 1 N–H and O–H groups in total. The van der Waals surface area contributed by atoms with E-state index in [1.54, 1.807) is 0 Å². The lowest BCUT2D eigenvalue weighted by Gasteiger charge is -2.13. The largest absolute Gasteiger partial charge is 0.316 e. The Balaban J connectivity index is 1.95. The van der Waals surface area contributed by atoms with Gasteiger partial charge in [0, 0.05) is 17.5 Å². The fourth-order valence-corrected chi connectivity index (χ4v) is 3.43. The van der Waals surface area contributed by atoms with Crippen LogP contribution in [0, 0.1) is 5.92 Å². The molecule has 58 valence electrons.